The minimum Gasteiger partial charge on any atom is -0.495 e. The number of nitrogens with one attached hydrogen (secondary N) is 1. The Bertz CT molecular complexity index is 710. The van der Waals surface area contributed by atoms with Gasteiger partial charge in [-0.05, 0) is 26.0 Å². The number of nitrogens with two attached hydrogens (primary N) is 1. The number of rotatable bonds is 4. The molecule has 0 radical (unpaired) electrons. The van der Waals surface area contributed by atoms with Crippen LogP contribution in [0.5, 0.6) is 5.75 Å². The van der Waals surface area contributed by atoms with E-state index in [1.165, 1.54) is 18.4 Å². The highest BCUT2D eigenvalue weighted by Crippen LogP contribution is 2.29. The van der Waals surface area contributed by atoms with Crippen LogP contribution in [-0.4, -0.2) is 23.0 Å². The summed E-state index contributed by atoms with van der Waals surface area (Å²) in [4.78, 5) is 17.4. The molecular weight excluding hydrogens is 306 g/mol. The van der Waals surface area contributed by atoms with Gasteiger partial charge in [-0.3, -0.25) is 4.79 Å². The van der Waals surface area contributed by atoms with Crippen molar-refractivity contribution in [2.75, 3.05) is 12.4 Å². The van der Waals surface area contributed by atoms with Crippen LogP contribution in [0.15, 0.2) is 18.2 Å². The molecule has 1 aromatic heterocycles. The second-order valence-electron chi connectivity index (χ2n) is 4.35. The fraction of sp³-hybridized carbons (Fsp3) is 0.214. The van der Waals surface area contributed by atoms with Crippen LogP contribution in [0.4, 0.5) is 5.69 Å². The first kappa shape index (κ1) is 15.4. The Morgan fingerprint density at radius 2 is 2.14 bits per heavy atom. The molecule has 7 heteroatoms. The van der Waals surface area contributed by atoms with E-state index in [2.05, 4.69) is 10.3 Å². The van der Waals surface area contributed by atoms with Gasteiger partial charge in [-0.1, -0.05) is 18.3 Å². The predicted molar refractivity (Wildman–Crippen MR) is 88.4 cm³/mol. The number of carbonyl (C=O) groups is 1. The summed E-state index contributed by atoms with van der Waals surface area (Å²) in [6, 6.07) is 5.25. The van der Waals surface area contributed by atoms with Gasteiger partial charge < -0.3 is 15.8 Å². The zero-order valence-electron chi connectivity index (χ0n) is 11.9. The van der Waals surface area contributed by atoms with Gasteiger partial charge in [0.15, 0.2) is 0 Å². The summed E-state index contributed by atoms with van der Waals surface area (Å²) in [7, 11) is 1.52. The van der Waals surface area contributed by atoms with Crippen molar-refractivity contribution in [1.29, 1.82) is 0 Å². The monoisotopic (exact) mass is 321 g/mol. The first-order valence-corrected chi connectivity index (χ1v) is 7.38. The van der Waals surface area contributed by atoms with E-state index in [4.69, 9.17) is 22.7 Å². The molecule has 5 nitrogen and oxygen atoms in total. The second kappa shape index (κ2) is 6.19. The highest BCUT2D eigenvalue weighted by molar-refractivity contribution is 7.80. The highest BCUT2D eigenvalue weighted by Gasteiger charge is 2.18. The van der Waals surface area contributed by atoms with Gasteiger partial charge in [0, 0.05) is 5.56 Å². The minimum atomic E-state index is -0.250. The summed E-state index contributed by atoms with van der Waals surface area (Å²) in [5.41, 5.74) is 7.44. The number of hydrogen-bond acceptors (Lipinski definition) is 5. The van der Waals surface area contributed by atoms with Gasteiger partial charge in [-0.25, -0.2) is 4.98 Å². The van der Waals surface area contributed by atoms with Crippen molar-refractivity contribution in [2.24, 2.45) is 5.73 Å². The maximum atomic E-state index is 12.4. The standard InChI is InChI=1S/C14H15N3O2S2/c1-7-12(21-8(2)16-7)14(18)17-11-9(13(15)20)5-4-6-10(11)19-3/h4-6H,1-3H3,(H2,15,20)(H,17,18). The number of hydrogen-bond donors (Lipinski definition) is 2. The van der Waals surface area contributed by atoms with Crippen LogP contribution < -0.4 is 15.8 Å². The number of para-hydroxylation sites is 1. The fourth-order valence-electron chi connectivity index (χ4n) is 1.95. The third-order valence-electron chi connectivity index (χ3n) is 2.86. The van der Waals surface area contributed by atoms with Crippen molar-refractivity contribution >= 4 is 40.1 Å². The molecule has 0 atom stereocenters. The average Bonchev–Trinajstić information content (AvgIpc) is 2.77. The van der Waals surface area contributed by atoms with E-state index in [-0.39, 0.29) is 10.9 Å². The number of aromatic nitrogens is 1. The molecule has 0 saturated heterocycles. The molecule has 0 fully saturated rings. The molecule has 0 unspecified atom stereocenters. The molecule has 0 aliphatic heterocycles. The summed E-state index contributed by atoms with van der Waals surface area (Å²) in [6.45, 7) is 3.66. The van der Waals surface area contributed by atoms with Gasteiger partial charge in [-0.15, -0.1) is 11.3 Å². The lowest BCUT2D eigenvalue weighted by molar-refractivity contribution is 0.102. The smallest absolute Gasteiger partial charge is 0.267 e. The molecule has 1 amide bonds. The van der Waals surface area contributed by atoms with Crippen molar-refractivity contribution in [3.05, 3.63) is 39.3 Å². The Kier molecular flexibility index (Phi) is 4.54. The number of carbonyl (C=O) groups excluding carboxylic acids is 1. The van der Waals surface area contributed by atoms with Crippen molar-refractivity contribution in [3.63, 3.8) is 0 Å². The minimum absolute atomic E-state index is 0.196. The van der Waals surface area contributed by atoms with E-state index in [1.807, 2.05) is 6.92 Å². The van der Waals surface area contributed by atoms with Crippen molar-refractivity contribution in [3.8, 4) is 5.75 Å². The van der Waals surface area contributed by atoms with Crippen molar-refractivity contribution < 1.29 is 9.53 Å². The quantitative estimate of drug-likeness (QED) is 0.847. The summed E-state index contributed by atoms with van der Waals surface area (Å²) in [5, 5.41) is 3.66. The summed E-state index contributed by atoms with van der Waals surface area (Å²) >= 11 is 6.36. The van der Waals surface area contributed by atoms with E-state index in [0.717, 1.165) is 5.01 Å². The molecule has 2 rings (SSSR count). The molecule has 0 bridgehead atoms. The van der Waals surface area contributed by atoms with E-state index in [0.29, 0.717) is 27.6 Å². The van der Waals surface area contributed by atoms with Crippen LogP contribution in [0.2, 0.25) is 0 Å². The fourth-order valence-corrected chi connectivity index (χ4v) is 2.93. The third-order valence-corrected chi connectivity index (χ3v) is 4.15. The van der Waals surface area contributed by atoms with Gasteiger partial charge in [0.2, 0.25) is 0 Å². The summed E-state index contributed by atoms with van der Waals surface area (Å²) in [5.74, 6) is 0.257. The lowest BCUT2D eigenvalue weighted by Crippen LogP contribution is -2.18. The van der Waals surface area contributed by atoms with Gasteiger partial charge in [0.05, 0.1) is 23.5 Å². The van der Waals surface area contributed by atoms with Gasteiger partial charge >= 0.3 is 0 Å². The lowest BCUT2D eigenvalue weighted by Gasteiger charge is -2.13. The maximum Gasteiger partial charge on any atom is 0.267 e. The Morgan fingerprint density at radius 3 is 2.67 bits per heavy atom. The molecule has 0 spiro atoms. The summed E-state index contributed by atoms with van der Waals surface area (Å²) in [6.07, 6.45) is 0. The largest absolute Gasteiger partial charge is 0.495 e. The van der Waals surface area contributed by atoms with E-state index in [1.54, 1.807) is 25.1 Å². The van der Waals surface area contributed by atoms with Crippen LogP contribution in [0.3, 0.4) is 0 Å². The van der Waals surface area contributed by atoms with Crippen LogP contribution in [-0.2, 0) is 0 Å². The summed E-state index contributed by atoms with van der Waals surface area (Å²) < 4.78 is 5.27. The topological polar surface area (TPSA) is 77.2 Å². The van der Waals surface area contributed by atoms with E-state index < -0.39 is 0 Å². The molecule has 1 heterocycles. The Morgan fingerprint density at radius 1 is 1.43 bits per heavy atom. The van der Waals surface area contributed by atoms with Gasteiger partial charge in [0.25, 0.3) is 5.91 Å². The predicted octanol–water partition coefficient (Wildman–Crippen LogP) is 2.66. The van der Waals surface area contributed by atoms with E-state index in [9.17, 15) is 4.79 Å². The van der Waals surface area contributed by atoms with Crippen LogP contribution in [0.25, 0.3) is 0 Å². The number of benzene rings is 1. The molecule has 2 aromatic rings. The number of ether oxygens (including phenoxy) is 1. The SMILES string of the molecule is COc1cccc(C(N)=S)c1NC(=O)c1sc(C)nc1C. The molecular formula is C14H15N3O2S2. The average molecular weight is 321 g/mol. The number of amides is 1. The molecule has 0 aliphatic rings. The van der Waals surface area contributed by atoms with Gasteiger partial charge in [0.1, 0.15) is 15.6 Å². The van der Waals surface area contributed by atoms with Gasteiger partial charge in [-0.2, -0.15) is 0 Å². The molecule has 1 aromatic carbocycles. The second-order valence-corrected chi connectivity index (χ2v) is 5.99. The lowest BCUT2D eigenvalue weighted by atomic mass is 10.1. The van der Waals surface area contributed by atoms with Crippen LogP contribution in [0, 0.1) is 13.8 Å². The number of thiazole rings is 1. The van der Waals surface area contributed by atoms with Crippen LogP contribution >= 0.6 is 23.6 Å². The number of nitrogens with zero attached hydrogens (tertiary/aromatic N) is 1. The zero-order chi connectivity index (χ0) is 15.6. The number of methoxy groups -OCH3 is 1. The number of thiocarbonyl (C=S) groups is 1. The molecule has 3 N–H and O–H groups in total. The molecule has 0 saturated carbocycles. The Balaban J connectivity index is 2.41. The molecule has 0 aliphatic carbocycles. The Hall–Kier alpha value is -1.99. The van der Waals surface area contributed by atoms with Crippen LogP contribution in [0.1, 0.15) is 25.9 Å². The third kappa shape index (κ3) is 3.20. The van der Waals surface area contributed by atoms with E-state index >= 15 is 0 Å². The van der Waals surface area contributed by atoms with Crippen molar-refractivity contribution in [2.45, 2.75) is 13.8 Å². The normalized spacial score (nSPS) is 10.2. The highest BCUT2D eigenvalue weighted by atomic mass is 32.1. The van der Waals surface area contributed by atoms with Crippen molar-refractivity contribution in [1.82, 2.24) is 4.98 Å². The first-order chi connectivity index (χ1) is 9.93. The molecule has 110 valence electrons. The number of aryl methyl sites for hydroxylation is 2. The zero-order valence-corrected chi connectivity index (χ0v) is 13.5. The molecule has 21 heavy (non-hydrogen) atoms. The number of anilines is 1. The Labute approximate surface area is 132 Å². The maximum absolute atomic E-state index is 12.4. The first-order valence-electron chi connectivity index (χ1n) is 6.16.